The van der Waals surface area contributed by atoms with Gasteiger partial charge in [-0.2, -0.15) is 0 Å². The highest BCUT2D eigenvalue weighted by Crippen LogP contribution is 2.35. The van der Waals surface area contributed by atoms with Crippen LogP contribution in [0.15, 0.2) is 43.0 Å². The molecule has 1 N–H and O–H groups in total. The smallest absolute Gasteiger partial charge is 0.0507 e. The van der Waals surface area contributed by atoms with Gasteiger partial charge in [-0.25, -0.2) is 0 Å². The highest BCUT2D eigenvalue weighted by Gasteiger charge is 2.34. The van der Waals surface area contributed by atoms with Gasteiger partial charge in [0, 0.05) is 5.54 Å². The zero-order valence-corrected chi connectivity index (χ0v) is 11.7. The fourth-order valence-corrected chi connectivity index (χ4v) is 3.02. The third-order valence-electron chi connectivity index (χ3n) is 4.55. The molecule has 3 unspecified atom stereocenters. The van der Waals surface area contributed by atoms with Crippen molar-refractivity contribution in [2.24, 2.45) is 5.92 Å². The Morgan fingerprint density at radius 2 is 2.06 bits per heavy atom. The van der Waals surface area contributed by atoms with E-state index in [1.54, 1.807) is 0 Å². The summed E-state index contributed by atoms with van der Waals surface area (Å²) in [5, 5.41) is 3.83. The van der Waals surface area contributed by atoms with Crippen LogP contribution >= 0.6 is 0 Å². The number of hydrogen-bond donors (Lipinski definition) is 1. The van der Waals surface area contributed by atoms with Crippen molar-refractivity contribution in [3.8, 4) is 0 Å². The lowest BCUT2D eigenvalue weighted by Gasteiger charge is -2.43. The van der Waals surface area contributed by atoms with E-state index in [1.807, 2.05) is 6.08 Å². The Bertz CT molecular complexity index is 384. The summed E-state index contributed by atoms with van der Waals surface area (Å²) in [6, 6.07) is 10.9. The van der Waals surface area contributed by atoms with E-state index in [-0.39, 0.29) is 11.6 Å². The van der Waals surface area contributed by atoms with E-state index < -0.39 is 0 Å². The molecule has 0 amide bonds. The Hall–Kier alpha value is -1.08. The monoisotopic (exact) mass is 243 g/mol. The van der Waals surface area contributed by atoms with Crippen LogP contribution in [0.5, 0.6) is 0 Å². The van der Waals surface area contributed by atoms with Gasteiger partial charge in [0.15, 0.2) is 0 Å². The maximum atomic E-state index is 4.00. The van der Waals surface area contributed by atoms with E-state index in [0.29, 0.717) is 0 Å². The lowest BCUT2D eigenvalue weighted by atomic mass is 9.74. The van der Waals surface area contributed by atoms with Crippen molar-refractivity contribution >= 4 is 0 Å². The van der Waals surface area contributed by atoms with Crippen molar-refractivity contribution in [2.75, 3.05) is 0 Å². The van der Waals surface area contributed by atoms with Gasteiger partial charge >= 0.3 is 0 Å². The summed E-state index contributed by atoms with van der Waals surface area (Å²) in [6.07, 6.45) is 7.35. The fraction of sp³-hybridized carbons (Fsp3) is 0.529. The minimum Gasteiger partial charge on any atom is -0.301 e. The van der Waals surface area contributed by atoms with Crippen LogP contribution in [0, 0.1) is 5.92 Å². The van der Waals surface area contributed by atoms with Gasteiger partial charge in [0.1, 0.15) is 0 Å². The quantitative estimate of drug-likeness (QED) is 0.769. The van der Waals surface area contributed by atoms with Crippen LogP contribution < -0.4 is 5.32 Å². The second-order valence-electron chi connectivity index (χ2n) is 5.83. The van der Waals surface area contributed by atoms with Gasteiger partial charge in [0.05, 0.1) is 6.04 Å². The minimum atomic E-state index is 0.243. The SMILES string of the molecule is C=CC(NC1(C)CCCCC1C)c1ccccc1. The average molecular weight is 243 g/mol. The van der Waals surface area contributed by atoms with Crippen LogP contribution in [0.4, 0.5) is 0 Å². The fourth-order valence-electron chi connectivity index (χ4n) is 3.02. The summed E-state index contributed by atoms with van der Waals surface area (Å²) >= 11 is 0. The third kappa shape index (κ3) is 2.84. The molecule has 0 saturated heterocycles. The predicted molar refractivity (Wildman–Crippen MR) is 78.6 cm³/mol. The summed E-state index contributed by atoms with van der Waals surface area (Å²) in [6.45, 7) is 8.74. The first-order chi connectivity index (χ1) is 8.65. The van der Waals surface area contributed by atoms with E-state index in [4.69, 9.17) is 0 Å². The molecule has 1 heteroatoms. The largest absolute Gasteiger partial charge is 0.301 e. The molecule has 0 aromatic heterocycles. The highest BCUT2D eigenvalue weighted by atomic mass is 15.0. The molecule has 0 radical (unpaired) electrons. The first-order valence-electron chi connectivity index (χ1n) is 7.11. The van der Waals surface area contributed by atoms with Gasteiger partial charge in [-0.15, -0.1) is 6.58 Å². The molecule has 1 nitrogen and oxygen atoms in total. The molecule has 0 aliphatic heterocycles. The molecule has 1 saturated carbocycles. The zero-order valence-electron chi connectivity index (χ0n) is 11.7. The molecule has 1 fully saturated rings. The molecule has 1 aromatic rings. The molecule has 0 heterocycles. The molecule has 98 valence electrons. The molecule has 1 aliphatic carbocycles. The third-order valence-corrected chi connectivity index (χ3v) is 4.55. The van der Waals surface area contributed by atoms with Crippen LogP contribution in [0.25, 0.3) is 0 Å². The summed E-state index contributed by atoms with van der Waals surface area (Å²) in [4.78, 5) is 0. The summed E-state index contributed by atoms with van der Waals surface area (Å²) in [5.74, 6) is 0.734. The molecule has 3 atom stereocenters. The number of hydrogen-bond acceptors (Lipinski definition) is 1. The van der Waals surface area contributed by atoms with Gasteiger partial charge in [-0.1, -0.05) is 56.2 Å². The van der Waals surface area contributed by atoms with Crippen LogP contribution in [-0.4, -0.2) is 5.54 Å². The van der Waals surface area contributed by atoms with E-state index in [9.17, 15) is 0 Å². The molecule has 1 aliphatic rings. The molecule has 18 heavy (non-hydrogen) atoms. The number of nitrogens with one attached hydrogen (secondary N) is 1. The van der Waals surface area contributed by atoms with Crippen molar-refractivity contribution < 1.29 is 0 Å². The Balaban J connectivity index is 2.13. The Morgan fingerprint density at radius 1 is 1.33 bits per heavy atom. The van der Waals surface area contributed by atoms with Gasteiger partial charge in [0.2, 0.25) is 0 Å². The first-order valence-corrected chi connectivity index (χ1v) is 7.11. The summed E-state index contributed by atoms with van der Waals surface area (Å²) < 4.78 is 0. The van der Waals surface area contributed by atoms with Gasteiger partial charge in [-0.3, -0.25) is 0 Å². The average Bonchev–Trinajstić information content (AvgIpc) is 2.41. The van der Waals surface area contributed by atoms with Crippen molar-refractivity contribution in [3.05, 3.63) is 48.6 Å². The molecular weight excluding hydrogens is 218 g/mol. The Morgan fingerprint density at radius 3 is 2.67 bits per heavy atom. The van der Waals surface area contributed by atoms with Crippen LogP contribution in [0.3, 0.4) is 0 Å². The van der Waals surface area contributed by atoms with Crippen LogP contribution in [0.1, 0.15) is 51.1 Å². The maximum Gasteiger partial charge on any atom is 0.0507 e. The van der Waals surface area contributed by atoms with Crippen molar-refractivity contribution in [1.82, 2.24) is 5.32 Å². The van der Waals surface area contributed by atoms with Crippen molar-refractivity contribution in [2.45, 2.75) is 51.1 Å². The van der Waals surface area contributed by atoms with E-state index in [0.717, 1.165) is 5.92 Å². The molecule has 2 rings (SSSR count). The van der Waals surface area contributed by atoms with E-state index in [1.165, 1.54) is 31.2 Å². The Labute approximate surface area is 111 Å². The highest BCUT2D eigenvalue weighted by molar-refractivity contribution is 5.23. The summed E-state index contributed by atoms with van der Waals surface area (Å²) in [5.41, 5.74) is 1.55. The Kier molecular flexibility index (Phi) is 4.23. The normalized spacial score (nSPS) is 29.8. The minimum absolute atomic E-state index is 0.243. The molecule has 0 spiro atoms. The predicted octanol–water partition coefficient (Wildman–Crippen LogP) is 4.47. The van der Waals surface area contributed by atoms with Gasteiger partial charge in [-0.05, 0) is 31.2 Å². The zero-order chi connectivity index (χ0) is 13.0. The lowest BCUT2D eigenvalue weighted by molar-refractivity contribution is 0.164. The van der Waals surface area contributed by atoms with Crippen molar-refractivity contribution in [1.29, 1.82) is 0 Å². The van der Waals surface area contributed by atoms with E-state index >= 15 is 0 Å². The van der Waals surface area contributed by atoms with Gasteiger partial charge in [0.25, 0.3) is 0 Å². The maximum absolute atomic E-state index is 4.00. The summed E-state index contributed by atoms with van der Waals surface area (Å²) in [7, 11) is 0. The van der Waals surface area contributed by atoms with Crippen LogP contribution in [-0.2, 0) is 0 Å². The van der Waals surface area contributed by atoms with Crippen LogP contribution in [0.2, 0.25) is 0 Å². The second-order valence-corrected chi connectivity index (χ2v) is 5.83. The van der Waals surface area contributed by atoms with Crippen molar-refractivity contribution in [3.63, 3.8) is 0 Å². The molecule has 1 aromatic carbocycles. The second kappa shape index (κ2) is 5.71. The molecular formula is C17H25N. The lowest BCUT2D eigenvalue weighted by Crippen LogP contribution is -2.50. The molecule has 0 bridgehead atoms. The standard InChI is InChI=1S/C17H25N/c1-4-16(15-11-6-5-7-12-15)18-17(3)13-9-8-10-14(17)2/h4-7,11-12,14,16,18H,1,8-10,13H2,2-3H3. The number of benzene rings is 1. The topological polar surface area (TPSA) is 12.0 Å². The van der Waals surface area contributed by atoms with Gasteiger partial charge < -0.3 is 5.32 Å². The number of rotatable bonds is 4. The van der Waals surface area contributed by atoms with E-state index in [2.05, 4.69) is 56.1 Å². The first kappa shape index (κ1) is 13.4.